The molecule has 0 aliphatic heterocycles. The van der Waals surface area contributed by atoms with Crippen molar-refractivity contribution in [2.45, 2.75) is 0 Å². The molecule has 0 aliphatic rings. The maximum Gasteiger partial charge on any atom is 0.123 e. The largest absolute Gasteiger partial charge is 0.508 e. The quantitative estimate of drug-likeness (QED) is 0.673. The van der Waals surface area contributed by atoms with Crippen LogP contribution in [0.2, 0.25) is 0 Å². The molecule has 0 heterocycles. The second-order valence-electron chi connectivity index (χ2n) is 3.26. The van der Waals surface area contributed by atoms with Crippen molar-refractivity contribution < 1.29 is 23.7 Å². The van der Waals surface area contributed by atoms with Crippen LogP contribution < -0.4 is 4.74 Å². The molecule has 0 aromatic heterocycles. The Hall–Kier alpha value is -1.33. The molecule has 0 aliphatic carbocycles. The average Bonchev–Trinajstić information content (AvgIpc) is 2.33. The van der Waals surface area contributed by atoms with Gasteiger partial charge in [0.05, 0.1) is 26.4 Å². The molecule has 0 unspecified atom stereocenters. The minimum Gasteiger partial charge on any atom is -0.508 e. The van der Waals surface area contributed by atoms with Crippen LogP contribution in [0.1, 0.15) is 0 Å². The molecule has 1 aromatic carbocycles. The van der Waals surface area contributed by atoms with Crippen molar-refractivity contribution in [3.63, 3.8) is 0 Å². The van der Waals surface area contributed by atoms with Gasteiger partial charge in [0.25, 0.3) is 0 Å². The fourth-order valence-electron chi connectivity index (χ4n) is 1.17. The van der Waals surface area contributed by atoms with Crippen molar-refractivity contribution in [1.82, 2.24) is 0 Å². The van der Waals surface area contributed by atoms with Crippen molar-refractivity contribution >= 4 is 0 Å². The van der Waals surface area contributed by atoms with Crippen LogP contribution in [0.25, 0.3) is 0 Å². The average molecular weight is 244 g/mol. The molecule has 17 heavy (non-hydrogen) atoms. The second-order valence-corrected chi connectivity index (χ2v) is 3.26. The number of hydrogen-bond acceptors (Lipinski definition) is 4. The van der Waals surface area contributed by atoms with Crippen LogP contribution in [-0.4, -0.2) is 44.8 Å². The summed E-state index contributed by atoms with van der Waals surface area (Å²) in [5.74, 6) is 0.769. The molecule has 96 valence electrons. The molecule has 0 atom stereocenters. The number of aromatic hydroxyl groups is 1. The van der Waals surface area contributed by atoms with E-state index in [1.165, 1.54) is 6.07 Å². The Morgan fingerprint density at radius 1 is 1.00 bits per heavy atom. The summed E-state index contributed by atoms with van der Waals surface area (Å²) in [6.45, 7) is 1.27. The van der Waals surface area contributed by atoms with E-state index >= 15 is 0 Å². The van der Waals surface area contributed by atoms with Crippen LogP contribution in [0.4, 0.5) is 4.39 Å². The van der Waals surface area contributed by atoms with Gasteiger partial charge >= 0.3 is 0 Å². The Balaban J connectivity index is 1.97. The van der Waals surface area contributed by atoms with Crippen molar-refractivity contribution in [2.24, 2.45) is 0 Å². The third-order valence-corrected chi connectivity index (χ3v) is 1.91. The zero-order valence-electron chi connectivity index (χ0n) is 9.60. The SMILES string of the molecule is Oc1cccc(OCCOCCOCCF)c1. The van der Waals surface area contributed by atoms with Crippen molar-refractivity contribution in [3.05, 3.63) is 24.3 Å². The number of alkyl halides is 1. The smallest absolute Gasteiger partial charge is 0.123 e. The van der Waals surface area contributed by atoms with Crippen molar-refractivity contribution in [1.29, 1.82) is 0 Å². The lowest BCUT2D eigenvalue weighted by atomic mass is 10.3. The summed E-state index contributed by atoms with van der Waals surface area (Å²) in [6.07, 6.45) is 0. The zero-order valence-corrected chi connectivity index (χ0v) is 9.60. The normalized spacial score (nSPS) is 10.4. The fraction of sp³-hybridized carbons (Fsp3) is 0.500. The van der Waals surface area contributed by atoms with Crippen LogP contribution in [-0.2, 0) is 9.47 Å². The van der Waals surface area contributed by atoms with Gasteiger partial charge in [-0.1, -0.05) is 6.07 Å². The molecule has 1 aromatic rings. The number of phenols is 1. The molecule has 0 radical (unpaired) electrons. The van der Waals surface area contributed by atoms with Crippen LogP contribution >= 0.6 is 0 Å². The maximum absolute atomic E-state index is 11.6. The van der Waals surface area contributed by atoms with Gasteiger partial charge in [0.2, 0.25) is 0 Å². The first kappa shape index (κ1) is 13.7. The van der Waals surface area contributed by atoms with E-state index in [9.17, 15) is 9.50 Å². The Kier molecular flexibility index (Phi) is 7.09. The van der Waals surface area contributed by atoms with Crippen LogP contribution in [0.5, 0.6) is 11.5 Å². The van der Waals surface area contributed by atoms with Crippen LogP contribution in [0.15, 0.2) is 24.3 Å². The summed E-state index contributed by atoms with van der Waals surface area (Å²) in [6, 6.07) is 6.57. The molecule has 0 saturated carbocycles. The molecule has 0 saturated heterocycles. The number of hydrogen-bond donors (Lipinski definition) is 1. The first-order valence-electron chi connectivity index (χ1n) is 5.46. The van der Waals surface area contributed by atoms with Gasteiger partial charge < -0.3 is 19.3 Å². The highest BCUT2D eigenvalue weighted by Crippen LogP contribution is 2.17. The van der Waals surface area contributed by atoms with Gasteiger partial charge in [0.15, 0.2) is 0 Å². The highest BCUT2D eigenvalue weighted by molar-refractivity contribution is 5.31. The second kappa shape index (κ2) is 8.78. The van der Waals surface area contributed by atoms with E-state index in [1.54, 1.807) is 18.2 Å². The van der Waals surface area contributed by atoms with E-state index in [1.807, 2.05) is 0 Å². The zero-order chi connectivity index (χ0) is 12.3. The molecule has 5 heteroatoms. The topological polar surface area (TPSA) is 47.9 Å². The number of phenolic OH excluding ortho intramolecular Hbond substituents is 1. The monoisotopic (exact) mass is 244 g/mol. The van der Waals surface area contributed by atoms with Gasteiger partial charge in [-0.15, -0.1) is 0 Å². The Morgan fingerprint density at radius 2 is 1.71 bits per heavy atom. The first-order chi connectivity index (χ1) is 8.33. The first-order valence-corrected chi connectivity index (χ1v) is 5.46. The standard InChI is InChI=1S/C12H17FO4/c13-4-5-15-6-7-16-8-9-17-12-3-1-2-11(14)10-12/h1-3,10,14H,4-9H2. The molecule has 0 bridgehead atoms. The lowest BCUT2D eigenvalue weighted by Gasteiger charge is -2.07. The summed E-state index contributed by atoms with van der Waals surface area (Å²) >= 11 is 0. The number of halogens is 1. The lowest BCUT2D eigenvalue weighted by molar-refractivity contribution is 0.0325. The van der Waals surface area contributed by atoms with Gasteiger partial charge in [-0.05, 0) is 12.1 Å². The predicted molar refractivity (Wildman–Crippen MR) is 61.2 cm³/mol. The Bertz CT molecular complexity index is 306. The maximum atomic E-state index is 11.6. The summed E-state index contributed by atoms with van der Waals surface area (Å²) in [7, 11) is 0. The van der Waals surface area contributed by atoms with Gasteiger partial charge in [-0.3, -0.25) is 0 Å². The lowest BCUT2D eigenvalue weighted by Crippen LogP contribution is -2.11. The summed E-state index contributed by atoms with van der Waals surface area (Å²) in [4.78, 5) is 0. The Labute approximate surface area is 99.9 Å². The van der Waals surface area contributed by atoms with Gasteiger partial charge in [-0.2, -0.15) is 0 Å². The molecule has 4 nitrogen and oxygen atoms in total. The van der Waals surface area contributed by atoms with Crippen molar-refractivity contribution in [2.75, 3.05) is 39.7 Å². The summed E-state index contributed by atoms with van der Waals surface area (Å²) in [5, 5.41) is 9.18. The molecule has 0 amide bonds. The highest BCUT2D eigenvalue weighted by atomic mass is 19.1. The van der Waals surface area contributed by atoms with Gasteiger partial charge in [0, 0.05) is 6.07 Å². The van der Waals surface area contributed by atoms with E-state index < -0.39 is 6.67 Å². The molecule has 1 rings (SSSR count). The molecule has 0 spiro atoms. The molecular formula is C12H17FO4. The van der Waals surface area contributed by atoms with E-state index in [2.05, 4.69) is 0 Å². The van der Waals surface area contributed by atoms with Crippen molar-refractivity contribution in [3.8, 4) is 11.5 Å². The Morgan fingerprint density at radius 3 is 2.41 bits per heavy atom. The van der Waals surface area contributed by atoms with E-state index in [0.717, 1.165) is 0 Å². The van der Waals surface area contributed by atoms with Gasteiger partial charge in [-0.25, -0.2) is 4.39 Å². The molecular weight excluding hydrogens is 227 g/mol. The van der Waals surface area contributed by atoms with Gasteiger partial charge in [0.1, 0.15) is 24.8 Å². The fourth-order valence-corrected chi connectivity index (χ4v) is 1.17. The van der Waals surface area contributed by atoms with Crippen LogP contribution in [0, 0.1) is 0 Å². The predicted octanol–water partition coefficient (Wildman–Crippen LogP) is 1.77. The third-order valence-electron chi connectivity index (χ3n) is 1.91. The number of benzene rings is 1. The molecule has 0 fully saturated rings. The van der Waals surface area contributed by atoms with E-state index in [4.69, 9.17) is 14.2 Å². The van der Waals surface area contributed by atoms with E-state index in [0.29, 0.717) is 32.2 Å². The minimum atomic E-state index is -0.472. The highest BCUT2D eigenvalue weighted by Gasteiger charge is 1.95. The van der Waals surface area contributed by atoms with Crippen LogP contribution in [0.3, 0.4) is 0 Å². The summed E-state index contributed by atoms with van der Waals surface area (Å²) in [5.41, 5.74) is 0. The third kappa shape index (κ3) is 6.76. The van der Waals surface area contributed by atoms with E-state index in [-0.39, 0.29) is 12.4 Å². The number of rotatable bonds is 9. The summed E-state index contributed by atoms with van der Waals surface area (Å²) < 4.78 is 27.1. The molecule has 1 N–H and O–H groups in total. The minimum absolute atomic E-state index is 0.114. The number of ether oxygens (including phenoxy) is 3.